The van der Waals surface area contributed by atoms with Crippen molar-refractivity contribution in [1.82, 2.24) is 10.3 Å². The Kier molecular flexibility index (Phi) is 5.72. The van der Waals surface area contributed by atoms with Crippen molar-refractivity contribution in [3.63, 3.8) is 0 Å². The van der Waals surface area contributed by atoms with Crippen LogP contribution in [-0.2, 0) is 6.54 Å². The van der Waals surface area contributed by atoms with E-state index in [0.717, 1.165) is 35.9 Å². The van der Waals surface area contributed by atoms with Gasteiger partial charge in [-0.3, -0.25) is 0 Å². The minimum Gasteiger partial charge on any atom is -0.357 e. The van der Waals surface area contributed by atoms with Crippen LogP contribution in [-0.4, -0.2) is 24.6 Å². The van der Waals surface area contributed by atoms with Crippen molar-refractivity contribution < 1.29 is 0 Å². The molecule has 0 saturated carbocycles. The zero-order valence-electron chi connectivity index (χ0n) is 11.1. The Hall–Kier alpha value is -0.800. The summed E-state index contributed by atoms with van der Waals surface area (Å²) in [7, 11) is 2.07. The molecule has 1 rings (SSSR count). The zero-order chi connectivity index (χ0) is 12.8. The minimum atomic E-state index is 0.482. The van der Waals surface area contributed by atoms with Crippen LogP contribution < -0.4 is 10.2 Å². The van der Waals surface area contributed by atoms with Gasteiger partial charge in [-0.05, 0) is 31.5 Å². The summed E-state index contributed by atoms with van der Waals surface area (Å²) in [4.78, 5) is 6.57. The molecule has 0 saturated heterocycles. The zero-order valence-corrected chi connectivity index (χ0v) is 11.9. The highest BCUT2D eigenvalue weighted by Crippen LogP contribution is 2.21. The Morgan fingerprint density at radius 1 is 1.47 bits per heavy atom. The molecule has 0 fully saturated rings. The van der Waals surface area contributed by atoms with Crippen molar-refractivity contribution in [3.05, 3.63) is 22.8 Å². The number of hydrogen-bond donors (Lipinski definition) is 1. The van der Waals surface area contributed by atoms with Crippen molar-refractivity contribution >= 4 is 17.4 Å². The van der Waals surface area contributed by atoms with Crippen LogP contribution in [0.5, 0.6) is 0 Å². The molecule has 1 aromatic rings. The molecule has 4 heteroatoms. The van der Waals surface area contributed by atoms with Crippen molar-refractivity contribution in [1.29, 1.82) is 0 Å². The predicted molar refractivity (Wildman–Crippen MR) is 74.8 cm³/mol. The van der Waals surface area contributed by atoms with E-state index in [4.69, 9.17) is 11.6 Å². The molecule has 96 valence electrons. The first-order valence-electron chi connectivity index (χ1n) is 6.18. The van der Waals surface area contributed by atoms with Crippen molar-refractivity contribution in [2.45, 2.75) is 39.8 Å². The topological polar surface area (TPSA) is 28.2 Å². The molecule has 1 heterocycles. The Labute approximate surface area is 109 Å². The Balaban J connectivity index is 2.87. The molecule has 3 nitrogen and oxygen atoms in total. The molecule has 1 unspecified atom stereocenters. The second-order valence-electron chi connectivity index (χ2n) is 4.28. The van der Waals surface area contributed by atoms with Gasteiger partial charge >= 0.3 is 0 Å². The lowest BCUT2D eigenvalue weighted by Crippen LogP contribution is -2.29. The van der Waals surface area contributed by atoms with Gasteiger partial charge in [0, 0.05) is 25.8 Å². The molecule has 1 N–H and O–H groups in total. The maximum atomic E-state index is 6.13. The lowest BCUT2D eigenvalue weighted by molar-refractivity contribution is 0.655. The SMILES string of the molecule is CCNCc1cc(N(C)C(C)CC)ncc1Cl. The molecule has 0 spiro atoms. The largest absolute Gasteiger partial charge is 0.357 e. The second kappa shape index (κ2) is 6.82. The summed E-state index contributed by atoms with van der Waals surface area (Å²) in [5.41, 5.74) is 1.11. The Morgan fingerprint density at radius 2 is 2.18 bits per heavy atom. The van der Waals surface area contributed by atoms with Gasteiger partial charge in [0.2, 0.25) is 0 Å². The van der Waals surface area contributed by atoms with Crippen LogP contribution >= 0.6 is 11.6 Å². The van der Waals surface area contributed by atoms with E-state index in [-0.39, 0.29) is 0 Å². The third kappa shape index (κ3) is 3.86. The molecule has 0 bridgehead atoms. The smallest absolute Gasteiger partial charge is 0.128 e. The Morgan fingerprint density at radius 3 is 2.76 bits per heavy atom. The highest BCUT2D eigenvalue weighted by Gasteiger charge is 2.11. The number of rotatable bonds is 6. The summed E-state index contributed by atoms with van der Waals surface area (Å²) < 4.78 is 0. The van der Waals surface area contributed by atoms with E-state index in [2.05, 4.69) is 49.1 Å². The van der Waals surface area contributed by atoms with Crippen molar-refractivity contribution in [2.24, 2.45) is 0 Å². The maximum Gasteiger partial charge on any atom is 0.128 e. The highest BCUT2D eigenvalue weighted by molar-refractivity contribution is 6.31. The van der Waals surface area contributed by atoms with Crippen LogP contribution in [0.4, 0.5) is 5.82 Å². The monoisotopic (exact) mass is 255 g/mol. The van der Waals surface area contributed by atoms with Gasteiger partial charge < -0.3 is 10.2 Å². The van der Waals surface area contributed by atoms with Crippen LogP contribution in [0.2, 0.25) is 5.02 Å². The first-order chi connectivity index (χ1) is 8.10. The van der Waals surface area contributed by atoms with Crippen LogP contribution in [0.3, 0.4) is 0 Å². The van der Waals surface area contributed by atoms with E-state index >= 15 is 0 Å². The van der Waals surface area contributed by atoms with Crippen LogP contribution in [0.25, 0.3) is 0 Å². The molecule has 0 aliphatic heterocycles. The summed E-state index contributed by atoms with van der Waals surface area (Å²) in [6.07, 6.45) is 2.84. The van der Waals surface area contributed by atoms with Crippen LogP contribution in [0.15, 0.2) is 12.3 Å². The standard InChI is InChI=1S/C13H22ClN3/c1-5-10(3)17(4)13-7-11(8-15-6-2)12(14)9-16-13/h7,9-10,15H,5-6,8H2,1-4H3. The fourth-order valence-electron chi connectivity index (χ4n) is 1.56. The lowest BCUT2D eigenvalue weighted by Gasteiger charge is -2.25. The van der Waals surface area contributed by atoms with Gasteiger partial charge in [0.1, 0.15) is 5.82 Å². The van der Waals surface area contributed by atoms with Crippen LogP contribution in [0, 0.1) is 0 Å². The molecule has 0 aliphatic rings. The molecule has 0 amide bonds. The molecule has 1 atom stereocenters. The van der Waals surface area contributed by atoms with E-state index in [1.165, 1.54) is 0 Å². The van der Waals surface area contributed by atoms with Crippen LogP contribution in [0.1, 0.15) is 32.8 Å². The predicted octanol–water partition coefficient (Wildman–Crippen LogP) is 3.08. The molecule has 0 radical (unpaired) electrons. The van der Waals surface area contributed by atoms with Gasteiger partial charge in [0.25, 0.3) is 0 Å². The second-order valence-corrected chi connectivity index (χ2v) is 4.69. The van der Waals surface area contributed by atoms with Crippen molar-refractivity contribution in [2.75, 3.05) is 18.5 Å². The van der Waals surface area contributed by atoms with E-state index < -0.39 is 0 Å². The molecule has 0 aliphatic carbocycles. The summed E-state index contributed by atoms with van der Waals surface area (Å²) in [5, 5.41) is 4.01. The normalized spacial score (nSPS) is 12.5. The number of anilines is 1. The molecular formula is C13H22ClN3. The van der Waals surface area contributed by atoms with Gasteiger partial charge in [-0.2, -0.15) is 0 Å². The average Bonchev–Trinajstić information content (AvgIpc) is 2.36. The minimum absolute atomic E-state index is 0.482. The number of nitrogens with one attached hydrogen (secondary N) is 1. The molecular weight excluding hydrogens is 234 g/mol. The van der Waals surface area contributed by atoms with E-state index in [0.29, 0.717) is 6.04 Å². The fourth-order valence-corrected chi connectivity index (χ4v) is 1.73. The number of aromatic nitrogens is 1. The third-order valence-corrected chi connectivity index (χ3v) is 3.44. The van der Waals surface area contributed by atoms with E-state index in [1.54, 1.807) is 6.20 Å². The third-order valence-electron chi connectivity index (χ3n) is 3.10. The Bertz CT molecular complexity index is 355. The van der Waals surface area contributed by atoms with E-state index in [1.807, 2.05) is 0 Å². The first-order valence-corrected chi connectivity index (χ1v) is 6.55. The molecule has 1 aromatic heterocycles. The van der Waals surface area contributed by atoms with Crippen molar-refractivity contribution in [3.8, 4) is 0 Å². The summed E-state index contributed by atoms with van der Waals surface area (Å²) >= 11 is 6.13. The van der Waals surface area contributed by atoms with Gasteiger partial charge in [-0.15, -0.1) is 0 Å². The maximum absolute atomic E-state index is 6.13. The number of hydrogen-bond acceptors (Lipinski definition) is 3. The number of pyridine rings is 1. The van der Waals surface area contributed by atoms with Gasteiger partial charge in [0.15, 0.2) is 0 Å². The van der Waals surface area contributed by atoms with E-state index in [9.17, 15) is 0 Å². The first kappa shape index (κ1) is 14.3. The summed E-state index contributed by atoms with van der Waals surface area (Å²) in [6, 6.07) is 2.55. The summed E-state index contributed by atoms with van der Waals surface area (Å²) in [6.45, 7) is 8.19. The fraction of sp³-hybridized carbons (Fsp3) is 0.615. The van der Waals surface area contributed by atoms with Gasteiger partial charge in [0.05, 0.1) is 5.02 Å². The van der Waals surface area contributed by atoms with Gasteiger partial charge in [-0.1, -0.05) is 25.4 Å². The number of halogens is 1. The molecule has 17 heavy (non-hydrogen) atoms. The summed E-state index contributed by atoms with van der Waals surface area (Å²) in [5.74, 6) is 0.983. The average molecular weight is 256 g/mol. The lowest BCUT2D eigenvalue weighted by atomic mass is 10.2. The van der Waals surface area contributed by atoms with Gasteiger partial charge in [-0.25, -0.2) is 4.98 Å². The number of nitrogens with zero attached hydrogens (tertiary/aromatic N) is 2. The molecule has 0 aromatic carbocycles. The quantitative estimate of drug-likeness (QED) is 0.847. The highest BCUT2D eigenvalue weighted by atomic mass is 35.5.